The molecule has 0 saturated heterocycles. The fourth-order valence-electron chi connectivity index (χ4n) is 2.01. The Labute approximate surface area is 158 Å². The molecule has 2 heterocycles. The molecule has 0 radical (unpaired) electrons. The van der Waals surface area contributed by atoms with Crippen LogP contribution < -0.4 is 0 Å². The Kier molecular flexibility index (Phi) is 6.36. The molecular formula is C18H15IN2S2. The fraction of sp³-hybridized carbons (Fsp3) is 0.111. The van der Waals surface area contributed by atoms with Gasteiger partial charge in [0.25, 0.3) is 0 Å². The predicted octanol–water partition coefficient (Wildman–Crippen LogP) is 5.57. The average Bonchev–Trinajstić information content (AvgIpc) is 2.61. The molecule has 0 spiro atoms. The zero-order chi connectivity index (χ0) is 15.9. The molecule has 2 bridgehead atoms. The fourth-order valence-corrected chi connectivity index (χ4v) is 4.36. The first-order valence-corrected chi connectivity index (χ1v) is 10.2. The predicted molar refractivity (Wildman–Crippen MR) is 110 cm³/mol. The van der Waals surface area contributed by atoms with E-state index in [1.807, 2.05) is 36.6 Å². The highest BCUT2D eigenvalue weighted by atomic mass is 127. The molecule has 2 aliphatic rings. The molecule has 0 unspecified atom stereocenters. The first-order valence-electron chi connectivity index (χ1n) is 7.17. The number of rotatable bonds is 0. The Hall–Kier alpha value is -1.05. The van der Waals surface area contributed by atoms with Crippen molar-refractivity contribution in [3.8, 4) is 0 Å². The minimum absolute atomic E-state index is 0.850. The van der Waals surface area contributed by atoms with E-state index in [2.05, 4.69) is 62.9 Å². The van der Waals surface area contributed by atoms with E-state index in [4.69, 9.17) is 0 Å². The molecule has 0 atom stereocenters. The smallest absolute Gasteiger partial charge is 0.119 e. The molecule has 0 amide bonds. The normalized spacial score (nSPS) is 23.3. The number of nitrogens with zero attached hydrogens (tertiary/aromatic N) is 2. The number of aromatic nitrogens is 2. The SMILES string of the molecule is Ic1cnc2c(n1)CSC1=C\C=C/C=C\C=C/C=C/C(=C1)SC2. The maximum absolute atomic E-state index is 4.67. The molecule has 0 N–H and O–H groups in total. The molecule has 1 aromatic heterocycles. The number of hydrogen-bond donors (Lipinski definition) is 0. The lowest BCUT2D eigenvalue weighted by atomic mass is 10.3. The number of halogens is 1. The van der Waals surface area contributed by atoms with Crippen molar-refractivity contribution >= 4 is 46.1 Å². The van der Waals surface area contributed by atoms with Gasteiger partial charge in [0.05, 0.1) is 17.6 Å². The van der Waals surface area contributed by atoms with Gasteiger partial charge in [-0.05, 0) is 40.8 Å². The maximum atomic E-state index is 4.67. The molecule has 3 rings (SSSR count). The minimum atomic E-state index is 0.850. The van der Waals surface area contributed by atoms with Crippen molar-refractivity contribution in [1.29, 1.82) is 0 Å². The van der Waals surface area contributed by atoms with Gasteiger partial charge in [0.2, 0.25) is 0 Å². The summed E-state index contributed by atoms with van der Waals surface area (Å²) in [5.74, 6) is 1.70. The Morgan fingerprint density at radius 1 is 0.826 bits per heavy atom. The van der Waals surface area contributed by atoms with Gasteiger partial charge >= 0.3 is 0 Å². The van der Waals surface area contributed by atoms with E-state index in [0.717, 1.165) is 26.6 Å². The lowest BCUT2D eigenvalue weighted by Crippen LogP contribution is -2.00. The third kappa shape index (κ3) is 5.22. The summed E-state index contributed by atoms with van der Waals surface area (Å²) < 4.78 is 0.950. The van der Waals surface area contributed by atoms with Crippen molar-refractivity contribution in [2.24, 2.45) is 0 Å². The van der Waals surface area contributed by atoms with E-state index in [-0.39, 0.29) is 0 Å². The van der Waals surface area contributed by atoms with Crippen LogP contribution in [-0.4, -0.2) is 9.97 Å². The Morgan fingerprint density at radius 3 is 2.39 bits per heavy atom. The Balaban J connectivity index is 1.96. The van der Waals surface area contributed by atoms with Crippen LogP contribution in [0.3, 0.4) is 0 Å². The molecule has 5 heteroatoms. The van der Waals surface area contributed by atoms with Gasteiger partial charge in [0.1, 0.15) is 3.70 Å². The Bertz CT molecular complexity index is 758. The summed E-state index contributed by atoms with van der Waals surface area (Å²) in [5, 5.41) is 0. The van der Waals surface area contributed by atoms with Gasteiger partial charge in [-0.3, -0.25) is 4.98 Å². The molecule has 0 saturated carbocycles. The number of allylic oxidation sites excluding steroid dienone is 10. The highest BCUT2D eigenvalue weighted by Gasteiger charge is 2.12. The summed E-state index contributed by atoms with van der Waals surface area (Å²) >= 11 is 5.84. The molecule has 0 fully saturated rings. The zero-order valence-electron chi connectivity index (χ0n) is 12.4. The summed E-state index contributed by atoms with van der Waals surface area (Å²) in [5.41, 5.74) is 2.17. The van der Waals surface area contributed by atoms with E-state index in [9.17, 15) is 0 Å². The highest BCUT2D eigenvalue weighted by molar-refractivity contribution is 14.1. The topological polar surface area (TPSA) is 25.8 Å². The van der Waals surface area contributed by atoms with Crippen molar-refractivity contribution in [3.63, 3.8) is 0 Å². The average molecular weight is 450 g/mol. The van der Waals surface area contributed by atoms with E-state index in [1.165, 1.54) is 9.81 Å². The first-order chi connectivity index (χ1) is 11.3. The van der Waals surface area contributed by atoms with Crippen LogP contribution in [0.1, 0.15) is 11.4 Å². The molecule has 1 aliphatic heterocycles. The number of thioether (sulfide) groups is 2. The Morgan fingerprint density at radius 2 is 1.52 bits per heavy atom. The lowest BCUT2D eigenvalue weighted by molar-refractivity contribution is 1.00. The molecule has 0 aromatic carbocycles. The summed E-state index contributed by atoms with van der Waals surface area (Å²) in [7, 11) is 0. The first kappa shape index (κ1) is 16.8. The van der Waals surface area contributed by atoms with Gasteiger partial charge in [-0.25, -0.2) is 4.98 Å². The molecule has 1 aliphatic carbocycles. The third-order valence-electron chi connectivity index (χ3n) is 3.13. The van der Waals surface area contributed by atoms with E-state index < -0.39 is 0 Å². The molecule has 2 nitrogen and oxygen atoms in total. The van der Waals surface area contributed by atoms with Crippen LogP contribution in [0.25, 0.3) is 0 Å². The van der Waals surface area contributed by atoms with Gasteiger partial charge in [-0.2, -0.15) is 0 Å². The molecular weight excluding hydrogens is 435 g/mol. The van der Waals surface area contributed by atoms with Gasteiger partial charge in [0.15, 0.2) is 0 Å². The van der Waals surface area contributed by atoms with Gasteiger partial charge < -0.3 is 0 Å². The molecule has 116 valence electrons. The van der Waals surface area contributed by atoms with Crippen molar-refractivity contribution in [1.82, 2.24) is 9.97 Å². The number of hydrogen-bond acceptors (Lipinski definition) is 4. The van der Waals surface area contributed by atoms with Crippen LogP contribution in [-0.2, 0) is 11.5 Å². The second-order valence-corrected chi connectivity index (χ2v) is 8.00. The maximum Gasteiger partial charge on any atom is 0.119 e. The second kappa shape index (κ2) is 8.70. The van der Waals surface area contributed by atoms with Gasteiger partial charge in [0, 0.05) is 21.3 Å². The third-order valence-corrected chi connectivity index (χ3v) is 5.65. The van der Waals surface area contributed by atoms with Crippen LogP contribution in [0.2, 0.25) is 0 Å². The van der Waals surface area contributed by atoms with Gasteiger partial charge in [-0.15, -0.1) is 23.5 Å². The van der Waals surface area contributed by atoms with Crippen molar-refractivity contribution in [2.75, 3.05) is 0 Å². The van der Waals surface area contributed by atoms with E-state index in [0.29, 0.717) is 0 Å². The molecule has 23 heavy (non-hydrogen) atoms. The van der Waals surface area contributed by atoms with Crippen molar-refractivity contribution < 1.29 is 0 Å². The molecule has 1 aromatic rings. The van der Waals surface area contributed by atoms with Crippen molar-refractivity contribution in [2.45, 2.75) is 11.5 Å². The van der Waals surface area contributed by atoms with E-state index >= 15 is 0 Å². The highest BCUT2D eigenvalue weighted by Crippen LogP contribution is 2.33. The summed E-state index contributed by atoms with van der Waals surface area (Å²) in [6.07, 6.45) is 22.7. The lowest BCUT2D eigenvalue weighted by Gasteiger charge is -2.06. The largest absolute Gasteiger partial charge is 0.256 e. The van der Waals surface area contributed by atoms with Crippen LogP contribution >= 0.6 is 46.1 Å². The standard InChI is InChI=1S/C18H15IN2S2/c19-18-11-20-16-12-22-14-8-6-4-2-1-3-5-7-9-15(10-14)23-13-17(16)21-18/h1-11H,12-13H2/b2-1?,3-1-,4-2-,5-3?,6-4?,7-5-,8-6+,9-7?,14-8?,14-10?,15-9?,15-10?. The van der Waals surface area contributed by atoms with Crippen LogP contribution in [0.15, 0.2) is 76.8 Å². The quantitative estimate of drug-likeness (QED) is 0.483. The minimum Gasteiger partial charge on any atom is -0.256 e. The van der Waals surface area contributed by atoms with Crippen molar-refractivity contribution in [3.05, 3.63) is 91.9 Å². The van der Waals surface area contributed by atoms with E-state index in [1.54, 1.807) is 23.5 Å². The summed E-state index contributed by atoms with van der Waals surface area (Å²) in [4.78, 5) is 11.7. The van der Waals surface area contributed by atoms with Crippen LogP contribution in [0, 0.1) is 3.70 Å². The number of fused-ring (bicyclic) bond motifs is 2. The van der Waals surface area contributed by atoms with Gasteiger partial charge in [-0.1, -0.05) is 42.5 Å². The van der Waals surface area contributed by atoms with Crippen LogP contribution in [0.5, 0.6) is 0 Å². The second-order valence-electron chi connectivity index (χ2n) is 4.79. The summed E-state index contributed by atoms with van der Waals surface area (Å²) in [6.45, 7) is 0. The summed E-state index contributed by atoms with van der Waals surface area (Å²) in [6, 6.07) is 0. The monoisotopic (exact) mass is 450 g/mol. The zero-order valence-corrected chi connectivity index (χ0v) is 16.1. The van der Waals surface area contributed by atoms with Crippen LogP contribution in [0.4, 0.5) is 0 Å².